The molecule has 5 nitrogen and oxygen atoms in total. The second-order valence-corrected chi connectivity index (χ2v) is 5.71. The van der Waals surface area contributed by atoms with E-state index >= 15 is 0 Å². The van der Waals surface area contributed by atoms with Gasteiger partial charge in [0, 0.05) is 30.1 Å². The van der Waals surface area contributed by atoms with Crippen LogP contribution in [0.25, 0.3) is 0 Å². The van der Waals surface area contributed by atoms with Gasteiger partial charge in [-0.05, 0) is 32.0 Å². The number of hydrogen-bond donors (Lipinski definition) is 1. The molecule has 0 bridgehead atoms. The molecule has 1 unspecified atom stereocenters. The Balaban J connectivity index is 1.97. The van der Waals surface area contributed by atoms with E-state index in [9.17, 15) is 10.1 Å². The Hall–Kier alpha value is -0.980. The zero-order valence-corrected chi connectivity index (χ0v) is 11.4. The summed E-state index contributed by atoms with van der Waals surface area (Å²) in [5.41, 5.74) is 0. The minimum absolute atomic E-state index is 0.239. The highest BCUT2D eigenvalue weighted by molar-refractivity contribution is 7.15. The number of nitro groups is 1. The number of likely N-dealkylation sites (N-methyl/N-ethyl adjacent to an activating group) is 1. The number of hydrogen-bond acceptors (Lipinski definition) is 5. The second kappa shape index (κ2) is 6.26. The number of rotatable bonds is 5. The summed E-state index contributed by atoms with van der Waals surface area (Å²) in [6.07, 6.45) is 2.43. The zero-order valence-electron chi connectivity index (χ0n) is 10.6. The van der Waals surface area contributed by atoms with Crippen LogP contribution < -0.4 is 5.32 Å². The summed E-state index contributed by atoms with van der Waals surface area (Å²) in [4.78, 5) is 13.8. The maximum Gasteiger partial charge on any atom is 0.324 e. The van der Waals surface area contributed by atoms with Gasteiger partial charge in [-0.15, -0.1) is 0 Å². The van der Waals surface area contributed by atoms with Gasteiger partial charge in [0.2, 0.25) is 0 Å². The highest BCUT2D eigenvalue weighted by Crippen LogP contribution is 2.26. The van der Waals surface area contributed by atoms with Gasteiger partial charge in [-0.3, -0.25) is 15.0 Å². The van der Waals surface area contributed by atoms with Gasteiger partial charge in [-0.2, -0.15) is 0 Å². The minimum Gasteiger partial charge on any atom is -0.315 e. The minimum atomic E-state index is -0.313. The van der Waals surface area contributed by atoms with E-state index in [0.29, 0.717) is 6.04 Å². The lowest BCUT2D eigenvalue weighted by Crippen LogP contribution is -2.45. The van der Waals surface area contributed by atoms with Gasteiger partial charge < -0.3 is 5.32 Å². The second-order valence-electron chi connectivity index (χ2n) is 4.56. The van der Waals surface area contributed by atoms with Crippen molar-refractivity contribution in [3.63, 3.8) is 0 Å². The third kappa shape index (κ3) is 3.28. The van der Waals surface area contributed by atoms with Crippen LogP contribution in [0.1, 0.15) is 24.6 Å². The molecule has 0 spiro atoms. The van der Waals surface area contributed by atoms with Crippen LogP contribution in [0.2, 0.25) is 0 Å². The van der Waals surface area contributed by atoms with Crippen LogP contribution in [0.3, 0.4) is 0 Å². The van der Waals surface area contributed by atoms with Gasteiger partial charge in [0.25, 0.3) is 0 Å². The Morgan fingerprint density at radius 3 is 3.00 bits per heavy atom. The van der Waals surface area contributed by atoms with Gasteiger partial charge in [-0.25, -0.2) is 0 Å². The van der Waals surface area contributed by atoms with Crippen LogP contribution in [0, 0.1) is 10.1 Å². The Bertz CT molecular complexity index is 402. The van der Waals surface area contributed by atoms with Crippen molar-refractivity contribution in [2.75, 3.05) is 19.6 Å². The molecule has 0 amide bonds. The molecule has 0 aliphatic carbocycles. The molecule has 1 fully saturated rings. The fourth-order valence-electron chi connectivity index (χ4n) is 2.39. The van der Waals surface area contributed by atoms with E-state index in [1.165, 1.54) is 24.2 Å². The molecule has 1 aromatic rings. The Morgan fingerprint density at radius 2 is 2.44 bits per heavy atom. The van der Waals surface area contributed by atoms with Crippen molar-refractivity contribution in [1.82, 2.24) is 10.2 Å². The summed E-state index contributed by atoms with van der Waals surface area (Å²) >= 11 is 1.29. The Kier molecular flexibility index (Phi) is 4.68. The quantitative estimate of drug-likeness (QED) is 0.658. The van der Waals surface area contributed by atoms with E-state index in [1.54, 1.807) is 6.07 Å². The number of nitrogens with one attached hydrogen (secondary N) is 1. The molecule has 0 saturated carbocycles. The van der Waals surface area contributed by atoms with Crippen molar-refractivity contribution in [1.29, 1.82) is 0 Å². The predicted molar refractivity (Wildman–Crippen MR) is 72.9 cm³/mol. The molecule has 1 N–H and O–H groups in total. The SMILES string of the molecule is CCN(Cc1ccc([N+](=O)[O-])s1)C1CCCNC1. The van der Waals surface area contributed by atoms with Crippen LogP contribution >= 0.6 is 11.3 Å². The molecule has 1 saturated heterocycles. The molecule has 1 aliphatic rings. The summed E-state index contributed by atoms with van der Waals surface area (Å²) in [7, 11) is 0. The van der Waals surface area contributed by atoms with Crippen LogP contribution in [-0.2, 0) is 6.54 Å². The third-order valence-corrected chi connectivity index (χ3v) is 4.40. The fraction of sp³-hybridized carbons (Fsp3) is 0.667. The molecule has 1 aromatic heterocycles. The molecule has 2 rings (SSSR count). The lowest BCUT2D eigenvalue weighted by molar-refractivity contribution is -0.380. The smallest absolute Gasteiger partial charge is 0.315 e. The summed E-state index contributed by atoms with van der Waals surface area (Å²) in [6, 6.07) is 4.04. The van der Waals surface area contributed by atoms with Crippen molar-refractivity contribution in [3.05, 3.63) is 27.1 Å². The topological polar surface area (TPSA) is 58.4 Å². The molecule has 100 valence electrons. The van der Waals surface area contributed by atoms with Crippen molar-refractivity contribution in [2.45, 2.75) is 32.4 Å². The Labute approximate surface area is 111 Å². The standard InChI is InChI=1S/C12H19N3O2S/c1-2-14(10-4-3-7-13-8-10)9-11-5-6-12(18-11)15(16)17/h5-6,10,13H,2-4,7-9H2,1H3. The van der Waals surface area contributed by atoms with Crippen LogP contribution in [0.15, 0.2) is 12.1 Å². The van der Waals surface area contributed by atoms with Gasteiger partial charge >= 0.3 is 5.00 Å². The van der Waals surface area contributed by atoms with Gasteiger partial charge in [-0.1, -0.05) is 18.3 Å². The zero-order chi connectivity index (χ0) is 13.0. The fourth-order valence-corrected chi connectivity index (χ4v) is 3.24. The van der Waals surface area contributed by atoms with E-state index in [2.05, 4.69) is 17.1 Å². The predicted octanol–water partition coefficient (Wildman–Crippen LogP) is 2.23. The van der Waals surface area contributed by atoms with Crippen molar-refractivity contribution in [3.8, 4) is 0 Å². The molecular weight excluding hydrogens is 250 g/mol. The average Bonchev–Trinajstić information content (AvgIpc) is 2.86. The maximum absolute atomic E-state index is 10.7. The first-order valence-corrected chi connectivity index (χ1v) is 7.20. The van der Waals surface area contributed by atoms with Gasteiger partial charge in [0.1, 0.15) is 0 Å². The normalized spacial score (nSPS) is 20.2. The number of nitrogens with zero attached hydrogens (tertiary/aromatic N) is 2. The van der Waals surface area contributed by atoms with E-state index in [4.69, 9.17) is 0 Å². The summed E-state index contributed by atoms with van der Waals surface area (Å²) in [5.74, 6) is 0. The molecule has 6 heteroatoms. The van der Waals surface area contributed by atoms with Crippen LogP contribution in [-0.4, -0.2) is 35.5 Å². The lowest BCUT2D eigenvalue weighted by Gasteiger charge is -2.33. The molecule has 0 aromatic carbocycles. The van der Waals surface area contributed by atoms with Crippen molar-refractivity contribution >= 4 is 16.3 Å². The molecule has 2 heterocycles. The van der Waals surface area contributed by atoms with E-state index in [0.717, 1.165) is 31.1 Å². The molecule has 1 atom stereocenters. The van der Waals surface area contributed by atoms with Crippen LogP contribution in [0.4, 0.5) is 5.00 Å². The Morgan fingerprint density at radius 1 is 1.61 bits per heavy atom. The van der Waals surface area contributed by atoms with Crippen molar-refractivity contribution in [2.24, 2.45) is 0 Å². The summed E-state index contributed by atoms with van der Waals surface area (Å²) in [6.45, 7) is 6.09. The van der Waals surface area contributed by atoms with E-state index < -0.39 is 0 Å². The number of thiophene rings is 1. The van der Waals surface area contributed by atoms with E-state index in [-0.39, 0.29) is 9.92 Å². The first-order valence-electron chi connectivity index (χ1n) is 6.38. The highest BCUT2D eigenvalue weighted by atomic mass is 32.1. The van der Waals surface area contributed by atoms with Gasteiger partial charge in [0.05, 0.1) is 4.92 Å². The highest BCUT2D eigenvalue weighted by Gasteiger charge is 2.21. The van der Waals surface area contributed by atoms with Crippen LogP contribution in [0.5, 0.6) is 0 Å². The largest absolute Gasteiger partial charge is 0.324 e. The van der Waals surface area contributed by atoms with Gasteiger partial charge in [0.15, 0.2) is 0 Å². The lowest BCUT2D eigenvalue weighted by atomic mass is 10.1. The van der Waals surface area contributed by atoms with E-state index in [1.807, 2.05) is 6.07 Å². The molecule has 0 radical (unpaired) electrons. The summed E-state index contributed by atoms with van der Waals surface area (Å²) in [5, 5.41) is 14.3. The molecule has 18 heavy (non-hydrogen) atoms. The third-order valence-electron chi connectivity index (χ3n) is 3.38. The monoisotopic (exact) mass is 269 g/mol. The average molecular weight is 269 g/mol. The molecular formula is C12H19N3O2S. The number of piperidine rings is 1. The first-order chi connectivity index (χ1) is 8.70. The summed E-state index contributed by atoms with van der Waals surface area (Å²) < 4.78 is 0. The maximum atomic E-state index is 10.7. The van der Waals surface area contributed by atoms with Crippen molar-refractivity contribution < 1.29 is 4.92 Å². The molecule has 1 aliphatic heterocycles. The first kappa shape index (κ1) is 13.5.